The highest BCUT2D eigenvalue weighted by Crippen LogP contribution is 2.22. The Morgan fingerprint density at radius 2 is 1.96 bits per heavy atom. The number of carboxylic acid groups (broad SMARTS) is 1. The summed E-state index contributed by atoms with van der Waals surface area (Å²) in [6.45, 7) is 3.77. The molecule has 0 fully saturated rings. The van der Waals surface area contributed by atoms with Crippen LogP contribution in [-0.4, -0.2) is 28.2 Å². The summed E-state index contributed by atoms with van der Waals surface area (Å²) in [5.41, 5.74) is 0.753. The summed E-state index contributed by atoms with van der Waals surface area (Å²) in [4.78, 5) is 23.3. The molecule has 0 bridgehead atoms. The van der Waals surface area contributed by atoms with Crippen molar-refractivity contribution in [3.8, 4) is 11.3 Å². The van der Waals surface area contributed by atoms with E-state index in [1.807, 2.05) is 13.8 Å². The van der Waals surface area contributed by atoms with E-state index in [9.17, 15) is 9.59 Å². The Balaban J connectivity index is 2.11. The van der Waals surface area contributed by atoms with Crippen LogP contribution in [0.4, 0.5) is 0 Å². The van der Waals surface area contributed by atoms with E-state index in [0.29, 0.717) is 17.2 Å². The molecule has 1 aromatic heterocycles. The van der Waals surface area contributed by atoms with E-state index in [1.54, 1.807) is 24.3 Å². The minimum absolute atomic E-state index is 0.0324. The smallest absolute Gasteiger partial charge is 0.326 e. The summed E-state index contributed by atoms with van der Waals surface area (Å²) < 4.78 is 5.13. The number of aromatic nitrogens is 1. The van der Waals surface area contributed by atoms with E-state index in [-0.39, 0.29) is 11.6 Å². The number of carboxylic acids is 1. The molecule has 0 spiro atoms. The second kappa shape index (κ2) is 7.28. The molecule has 0 unspecified atom stereocenters. The normalized spacial score (nSPS) is 12.2. The minimum Gasteiger partial charge on any atom is -0.480 e. The van der Waals surface area contributed by atoms with E-state index in [1.165, 1.54) is 6.07 Å². The van der Waals surface area contributed by atoms with Gasteiger partial charge in [0.1, 0.15) is 6.04 Å². The third-order valence-electron chi connectivity index (χ3n) is 3.18. The summed E-state index contributed by atoms with van der Waals surface area (Å²) in [6.07, 6.45) is 0.336. The number of amides is 1. The monoisotopic (exact) mass is 336 g/mol. The fourth-order valence-electron chi connectivity index (χ4n) is 2.06. The first kappa shape index (κ1) is 17.0. The van der Waals surface area contributed by atoms with Crippen LogP contribution in [-0.2, 0) is 4.79 Å². The summed E-state index contributed by atoms with van der Waals surface area (Å²) in [5.74, 6) is -1.11. The van der Waals surface area contributed by atoms with Crippen LogP contribution in [0.2, 0.25) is 5.02 Å². The van der Waals surface area contributed by atoms with Crippen molar-refractivity contribution in [1.82, 2.24) is 10.5 Å². The van der Waals surface area contributed by atoms with Crippen molar-refractivity contribution in [2.45, 2.75) is 26.3 Å². The average molecular weight is 337 g/mol. The van der Waals surface area contributed by atoms with Crippen LogP contribution >= 0.6 is 11.6 Å². The molecular weight excluding hydrogens is 320 g/mol. The van der Waals surface area contributed by atoms with Crippen molar-refractivity contribution in [2.75, 3.05) is 0 Å². The predicted octanol–water partition coefficient (Wildman–Crippen LogP) is 3.22. The van der Waals surface area contributed by atoms with E-state index in [4.69, 9.17) is 21.2 Å². The van der Waals surface area contributed by atoms with Crippen LogP contribution in [0.25, 0.3) is 11.3 Å². The molecule has 122 valence electrons. The van der Waals surface area contributed by atoms with Gasteiger partial charge in [-0.05, 0) is 36.6 Å². The highest BCUT2D eigenvalue weighted by Gasteiger charge is 2.23. The van der Waals surface area contributed by atoms with Gasteiger partial charge in [-0.3, -0.25) is 4.79 Å². The van der Waals surface area contributed by atoms with Crippen LogP contribution < -0.4 is 5.32 Å². The van der Waals surface area contributed by atoms with Gasteiger partial charge in [0.05, 0.1) is 0 Å². The lowest BCUT2D eigenvalue weighted by molar-refractivity contribution is -0.139. The second-order valence-electron chi connectivity index (χ2n) is 5.58. The molecule has 1 amide bonds. The number of carbonyl (C=O) groups excluding carboxylic acids is 1. The zero-order valence-corrected chi connectivity index (χ0v) is 13.5. The summed E-state index contributed by atoms with van der Waals surface area (Å²) >= 11 is 5.82. The number of halogens is 1. The Morgan fingerprint density at radius 1 is 1.30 bits per heavy atom. The summed E-state index contributed by atoms with van der Waals surface area (Å²) in [6, 6.07) is 7.38. The molecule has 0 saturated carbocycles. The fraction of sp³-hybridized carbons (Fsp3) is 0.312. The maximum absolute atomic E-state index is 12.1. The molecule has 7 heteroatoms. The Kier molecular flexibility index (Phi) is 5.39. The van der Waals surface area contributed by atoms with E-state index in [2.05, 4.69) is 10.5 Å². The van der Waals surface area contributed by atoms with Crippen LogP contribution in [0.3, 0.4) is 0 Å². The molecule has 0 saturated heterocycles. The quantitative estimate of drug-likeness (QED) is 0.844. The maximum atomic E-state index is 12.1. The topological polar surface area (TPSA) is 92.4 Å². The molecule has 0 aliphatic carbocycles. The van der Waals surface area contributed by atoms with E-state index >= 15 is 0 Å². The Hall–Kier alpha value is -2.34. The first-order chi connectivity index (χ1) is 10.9. The molecule has 23 heavy (non-hydrogen) atoms. The molecular formula is C16H17ClN2O4. The van der Waals surface area contributed by atoms with Crippen LogP contribution in [0.1, 0.15) is 30.8 Å². The fourth-order valence-corrected chi connectivity index (χ4v) is 2.18. The number of aliphatic carboxylic acids is 1. The molecule has 6 nitrogen and oxygen atoms in total. The number of hydrogen-bond acceptors (Lipinski definition) is 4. The van der Waals surface area contributed by atoms with Gasteiger partial charge in [-0.15, -0.1) is 0 Å². The molecule has 2 N–H and O–H groups in total. The zero-order valence-electron chi connectivity index (χ0n) is 12.7. The molecule has 2 rings (SSSR count). The Labute approximate surface area is 138 Å². The van der Waals surface area contributed by atoms with Gasteiger partial charge in [0.25, 0.3) is 5.91 Å². The van der Waals surface area contributed by atoms with Crippen molar-refractivity contribution in [3.63, 3.8) is 0 Å². The first-order valence-electron chi connectivity index (χ1n) is 7.13. The van der Waals surface area contributed by atoms with Crippen molar-refractivity contribution < 1.29 is 19.2 Å². The number of rotatable bonds is 6. The minimum atomic E-state index is -1.08. The van der Waals surface area contributed by atoms with Gasteiger partial charge in [-0.1, -0.05) is 30.6 Å². The number of benzene rings is 1. The molecule has 1 heterocycles. The zero-order chi connectivity index (χ0) is 17.0. The van der Waals surface area contributed by atoms with Gasteiger partial charge >= 0.3 is 5.97 Å². The third-order valence-corrected chi connectivity index (χ3v) is 3.43. The van der Waals surface area contributed by atoms with Crippen molar-refractivity contribution in [1.29, 1.82) is 0 Å². The van der Waals surface area contributed by atoms with Gasteiger partial charge in [-0.2, -0.15) is 0 Å². The number of nitrogens with one attached hydrogen (secondary N) is 1. The maximum Gasteiger partial charge on any atom is 0.326 e. The lowest BCUT2D eigenvalue weighted by atomic mass is 10.0. The largest absolute Gasteiger partial charge is 0.480 e. The highest BCUT2D eigenvalue weighted by molar-refractivity contribution is 6.30. The number of nitrogens with zero attached hydrogens (tertiary/aromatic N) is 1. The lowest BCUT2D eigenvalue weighted by Gasteiger charge is -2.15. The predicted molar refractivity (Wildman–Crippen MR) is 85.3 cm³/mol. The first-order valence-corrected chi connectivity index (χ1v) is 7.51. The van der Waals surface area contributed by atoms with E-state index < -0.39 is 17.9 Å². The summed E-state index contributed by atoms with van der Waals surface area (Å²) in [7, 11) is 0. The van der Waals surface area contributed by atoms with Crippen LogP contribution in [0.5, 0.6) is 0 Å². The third kappa shape index (κ3) is 4.56. The standard InChI is InChI=1S/C16H17ClN2O4/c1-9(2)7-13(16(21)22)18-15(20)12-8-14(23-19-12)10-3-5-11(17)6-4-10/h3-6,8-9,13H,7H2,1-2H3,(H,18,20)(H,21,22)/t13-/m0/s1. The van der Waals surface area contributed by atoms with Gasteiger partial charge < -0.3 is 14.9 Å². The molecule has 2 aromatic rings. The average Bonchev–Trinajstić information content (AvgIpc) is 2.96. The van der Waals surface area contributed by atoms with Crippen molar-refractivity contribution in [3.05, 3.63) is 41.0 Å². The van der Waals surface area contributed by atoms with E-state index in [0.717, 1.165) is 5.56 Å². The Bertz CT molecular complexity index is 694. The molecule has 1 aromatic carbocycles. The number of hydrogen-bond donors (Lipinski definition) is 2. The van der Waals surface area contributed by atoms with Gasteiger partial charge in [0.15, 0.2) is 11.5 Å². The molecule has 0 aliphatic heterocycles. The van der Waals surface area contributed by atoms with Crippen LogP contribution in [0.15, 0.2) is 34.9 Å². The van der Waals surface area contributed by atoms with Gasteiger partial charge in [0, 0.05) is 16.7 Å². The highest BCUT2D eigenvalue weighted by atomic mass is 35.5. The SMILES string of the molecule is CC(C)C[C@H](NC(=O)c1cc(-c2ccc(Cl)cc2)on1)C(=O)O. The molecule has 1 atom stereocenters. The molecule has 0 radical (unpaired) electrons. The van der Waals surface area contributed by atoms with Gasteiger partial charge in [0.2, 0.25) is 0 Å². The second-order valence-corrected chi connectivity index (χ2v) is 6.01. The van der Waals surface area contributed by atoms with Crippen molar-refractivity contribution >= 4 is 23.5 Å². The van der Waals surface area contributed by atoms with Gasteiger partial charge in [-0.25, -0.2) is 4.79 Å². The number of carbonyl (C=O) groups is 2. The Morgan fingerprint density at radius 3 is 2.52 bits per heavy atom. The lowest BCUT2D eigenvalue weighted by Crippen LogP contribution is -2.41. The van der Waals surface area contributed by atoms with Crippen molar-refractivity contribution in [2.24, 2.45) is 5.92 Å². The molecule has 0 aliphatic rings. The summed E-state index contributed by atoms with van der Waals surface area (Å²) in [5, 5.41) is 15.9. The van der Waals surface area contributed by atoms with Crippen LogP contribution in [0, 0.1) is 5.92 Å².